The van der Waals surface area contributed by atoms with Crippen LogP contribution in [-0.4, -0.2) is 44.8 Å². The highest BCUT2D eigenvalue weighted by molar-refractivity contribution is 7.99. The summed E-state index contributed by atoms with van der Waals surface area (Å²) in [6.45, 7) is 9.70. The van der Waals surface area contributed by atoms with Crippen LogP contribution in [0.2, 0.25) is 0 Å². The Morgan fingerprint density at radius 2 is 2.00 bits per heavy atom. The van der Waals surface area contributed by atoms with Gasteiger partial charge in [0.2, 0.25) is 0 Å². The molecule has 0 aliphatic heterocycles. The highest BCUT2D eigenvalue weighted by atomic mass is 32.2. The first-order valence-corrected chi connectivity index (χ1v) is 9.47. The first-order valence-electron chi connectivity index (χ1n) is 8.25. The number of nitrogens with zero attached hydrogens (tertiary/aromatic N) is 1. The SMILES string of the molecule is C=CCc1cc(CNC(=NC)NCC(C)(C)SC)cc(OC)c1OC. The average Bonchev–Trinajstić information content (AvgIpc) is 2.61. The number of hydrogen-bond donors (Lipinski definition) is 2. The molecule has 0 heterocycles. The van der Waals surface area contributed by atoms with Crippen LogP contribution in [0, 0.1) is 0 Å². The molecule has 0 saturated heterocycles. The Kier molecular flexibility index (Phi) is 8.69. The van der Waals surface area contributed by atoms with Crippen molar-refractivity contribution in [1.29, 1.82) is 0 Å². The summed E-state index contributed by atoms with van der Waals surface area (Å²) < 4.78 is 11.1. The summed E-state index contributed by atoms with van der Waals surface area (Å²) in [5, 5.41) is 6.72. The summed E-state index contributed by atoms with van der Waals surface area (Å²) in [4.78, 5) is 4.29. The molecule has 0 amide bonds. The summed E-state index contributed by atoms with van der Waals surface area (Å²) in [6, 6.07) is 4.09. The summed E-state index contributed by atoms with van der Waals surface area (Å²) in [6.07, 6.45) is 4.70. The largest absolute Gasteiger partial charge is 0.493 e. The fourth-order valence-corrected chi connectivity index (χ4v) is 2.51. The van der Waals surface area contributed by atoms with E-state index in [-0.39, 0.29) is 4.75 Å². The van der Waals surface area contributed by atoms with Crippen LogP contribution in [0.4, 0.5) is 0 Å². The molecule has 1 aromatic carbocycles. The van der Waals surface area contributed by atoms with Gasteiger partial charge in [-0.25, -0.2) is 0 Å². The maximum atomic E-state index is 5.48. The van der Waals surface area contributed by atoms with Crippen molar-refractivity contribution in [3.05, 3.63) is 35.9 Å². The van der Waals surface area contributed by atoms with Gasteiger partial charge in [-0.15, -0.1) is 6.58 Å². The molecule has 1 rings (SSSR count). The number of aliphatic imine (C=N–C) groups is 1. The summed E-state index contributed by atoms with van der Waals surface area (Å²) >= 11 is 1.83. The Bertz CT molecular complexity index is 601. The third-order valence-electron chi connectivity index (χ3n) is 3.90. The third-order valence-corrected chi connectivity index (χ3v) is 5.15. The van der Waals surface area contributed by atoms with Crippen LogP contribution in [0.1, 0.15) is 25.0 Å². The minimum absolute atomic E-state index is 0.151. The first-order chi connectivity index (χ1) is 11.9. The van der Waals surface area contributed by atoms with Gasteiger partial charge in [0.15, 0.2) is 17.5 Å². The van der Waals surface area contributed by atoms with E-state index >= 15 is 0 Å². The number of methoxy groups -OCH3 is 2. The topological polar surface area (TPSA) is 54.9 Å². The van der Waals surface area contributed by atoms with Gasteiger partial charge in [0.25, 0.3) is 0 Å². The highest BCUT2D eigenvalue weighted by Crippen LogP contribution is 2.33. The van der Waals surface area contributed by atoms with Gasteiger partial charge in [-0.05, 0) is 44.2 Å². The van der Waals surface area contributed by atoms with Crippen LogP contribution in [-0.2, 0) is 13.0 Å². The zero-order chi connectivity index (χ0) is 18.9. The van der Waals surface area contributed by atoms with E-state index < -0.39 is 0 Å². The standard InChI is InChI=1S/C19H31N3O2S/c1-8-9-15-10-14(11-16(23-5)17(15)24-6)12-21-18(20-4)22-13-19(2,3)25-7/h8,10-11H,1,9,12-13H2,2-7H3,(H2,20,21,22). The second-order valence-electron chi connectivity index (χ2n) is 6.23. The molecule has 0 aliphatic rings. The maximum Gasteiger partial charge on any atom is 0.191 e. The molecule has 0 atom stereocenters. The molecular weight excluding hydrogens is 334 g/mol. The smallest absolute Gasteiger partial charge is 0.191 e. The molecule has 0 spiro atoms. The van der Waals surface area contributed by atoms with Crippen molar-refractivity contribution in [2.45, 2.75) is 31.6 Å². The summed E-state index contributed by atoms with van der Waals surface area (Å²) in [5.41, 5.74) is 2.15. The number of hydrogen-bond acceptors (Lipinski definition) is 4. The molecule has 0 bridgehead atoms. The number of rotatable bonds is 9. The zero-order valence-electron chi connectivity index (χ0n) is 16.2. The van der Waals surface area contributed by atoms with Crippen molar-refractivity contribution in [1.82, 2.24) is 10.6 Å². The van der Waals surface area contributed by atoms with E-state index in [9.17, 15) is 0 Å². The predicted octanol–water partition coefficient (Wildman–Crippen LogP) is 3.24. The van der Waals surface area contributed by atoms with Gasteiger partial charge in [-0.2, -0.15) is 11.8 Å². The molecule has 0 radical (unpaired) electrons. The quantitative estimate of drug-likeness (QED) is 0.400. The minimum atomic E-state index is 0.151. The summed E-state index contributed by atoms with van der Waals surface area (Å²) in [5.74, 6) is 2.27. The fourth-order valence-electron chi connectivity index (χ4n) is 2.29. The Morgan fingerprint density at radius 1 is 1.28 bits per heavy atom. The van der Waals surface area contributed by atoms with Crippen LogP contribution in [0.3, 0.4) is 0 Å². The van der Waals surface area contributed by atoms with E-state index in [1.807, 2.05) is 23.9 Å². The average molecular weight is 366 g/mol. The Balaban J connectivity index is 2.84. The summed E-state index contributed by atoms with van der Waals surface area (Å²) in [7, 11) is 5.08. The molecule has 0 aromatic heterocycles. The lowest BCUT2D eigenvalue weighted by Gasteiger charge is -2.24. The molecule has 25 heavy (non-hydrogen) atoms. The molecule has 2 N–H and O–H groups in total. The number of ether oxygens (including phenoxy) is 2. The predicted molar refractivity (Wildman–Crippen MR) is 109 cm³/mol. The lowest BCUT2D eigenvalue weighted by molar-refractivity contribution is 0.352. The number of thioether (sulfide) groups is 1. The van der Waals surface area contributed by atoms with Gasteiger partial charge >= 0.3 is 0 Å². The Morgan fingerprint density at radius 3 is 2.52 bits per heavy atom. The van der Waals surface area contributed by atoms with Crippen molar-refractivity contribution in [2.75, 3.05) is 34.1 Å². The molecule has 5 nitrogen and oxygen atoms in total. The monoisotopic (exact) mass is 365 g/mol. The van der Waals surface area contributed by atoms with Gasteiger partial charge in [-0.1, -0.05) is 6.08 Å². The second-order valence-corrected chi connectivity index (χ2v) is 7.74. The fraction of sp³-hybridized carbons (Fsp3) is 0.526. The Hall–Kier alpha value is -1.82. The number of nitrogens with one attached hydrogen (secondary N) is 2. The molecule has 0 aliphatic carbocycles. The van der Waals surface area contributed by atoms with E-state index in [4.69, 9.17) is 9.47 Å². The normalized spacial score (nSPS) is 11.8. The van der Waals surface area contributed by atoms with Crippen molar-refractivity contribution >= 4 is 17.7 Å². The van der Waals surface area contributed by atoms with Gasteiger partial charge in [0.1, 0.15) is 0 Å². The van der Waals surface area contributed by atoms with Crippen LogP contribution >= 0.6 is 11.8 Å². The Labute approximate surface area is 156 Å². The second kappa shape index (κ2) is 10.2. The van der Waals surface area contributed by atoms with E-state index in [1.165, 1.54) is 0 Å². The number of allylic oxidation sites excluding steroid dienone is 1. The van der Waals surface area contributed by atoms with Crippen molar-refractivity contribution in [3.8, 4) is 11.5 Å². The van der Waals surface area contributed by atoms with Crippen LogP contribution in [0.5, 0.6) is 11.5 Å². The molecule has 140 valence electrons. The third kappa shape index (κ3) is 6.53. The van der Waals surface area contributed by atoms with Crippen molar-refractivity contribution < 1.29 is 9.47 Å². The van der Waals surface area contributed by atoms with Crippen LogP contribution in [0.25, 0.3) is 0 Å². The number of benzene rings is 1. The van der Waals surface area contributed by atoms with E-state index in [0.717, 1.165) is 41.6 Å². The zero-order valence-corrected chi connectivity index (χ0v) is 17.0. The first kappa shape index (κ1) is 21.2. The van der Waals surface area contributed by atoms with Gasteiger partial charge in [-0.3, -0.25) is 4.99 Å². The lowest BCUT2D eigenvalue weighted by atomic mass is 10.1. The van der Waals surface area contributed by atoms with Crippen molar-refractivity contribution in [3.63, 3.8) is 0 Å². The minimum Gasteiger partial charge on any atom is -0.493 e. The highest BCUT2D eigenvalue weighted by Gasteiger charge is 2.16. The van der Waals surface area contributed by atoms with Crippen LogP contribution in [0.15, 0.2) is 29.8 Å². The number of guanidine groups is 1. The van der Waals surface area contributed by atoms with E-state index in [1.54, 1.807) is 21.3 Å². The molecule has 0 unspecified atom stereocenters. The lowest BCUT2D eigenvalue weighted by Crippen LogP contribution is -2.43. The molecule has 0 fully saturated rings. The molecule has 1 aromatic rings. The molecule has 6 heteroatoms. The molecule has 0 saturated carbocycles. The molecular formula is C19H31N3O2S. The van der Waals surface area contributed by atoms with Crippen molar-refractivity contribution in [2.24, 2.45) is 4.99 Å². The van der Waals surface area contributed by atoms with Gasteiger partial charge in [0.05, 0.1) is 14.2 Å². The van der Waals surface area contributed by atoms with Gasteiger partial charge in [0, 0.05) is 30.4 Å². The maximum absolute atomic E-state index is 5.48. The van der Waals surface area contributed by atoms with Crippen LogP contribution < -0.4 is 20.1 Å². The van der Waals surface area contributed by atoms with E-state index in [0.29, 0.717) is 6.54 Å². The van der Waals surface area contributed by atoms with Gasteiger partial charge < -0.3 is 20.1 Å². The van der Waals surface area contributed by atoms with E-state index in [2.05, 4.69) is 48.4 Å².